The van der Waals surface area contributed by atoms with E-state index in [2.05, 4.69) is 0 Å². The van der Waals surface area contributed by atoms with Gasteiger partial charge in [0, 0.05) is 0 Å². The second-order valence-electron chi connectivity index (χ2n) is 3.60. The molecule has 2 fully saturated rings. The number of aliphatic hydroxyl groups excluding tert-OH is 1. The van der Waals surface area contributed by atoms with Crippen LogP contribution in [-0.4, -0.2) is 49.2 Å². The Morgan fingerprint density at radius 3 is 2.64 bits per heavy atom. The Morgan fingerprint density at radius 1 is 1.14 bits per heavy atom. The van der Waals surface area contributed by atoms with Crippen molar-refractivity contribution in [3.05, 3.63) is 0 Å². The van der Waals surface area contributed by atoms with Crippen LogP contribution in [0.4, 0.5) is 0 Å². The Morgan fingerprint density at radius 2 is 1.93 bits per heavy atom. The summed E-state index contributed by atoms with van der Waals surface area (Å²) in [6.45, 7) is 4.07. The Balaban J connectivity index is 2.04. The first kappa shape index (κ1) is 10.3. The first-order valence-corrected chi connectivity index (χ1v) is 4.89. The fourth-order valence-electron chi connectivity index (χ4n) is 1.87. The molecule has 0 amide bonds. The summed E-state index contributed by atoms with van der Waals surface area (Å²) >= 11 is 0. The Bertz CT molecular complexity index is 190. The summed E-state index contributed by atoms with van der Waals surface area (Å²) < 4.78 is 21.7. The van der Waals surface area contributed by atoms with Gasteiger partial charge in [-0.3, -0.25) is 0 Å². The molecule has 1 N–H and O–H groups in total. The highest BCUT2D eigenvalue weighted by Gasteiger charge is 2.42. The quantitative estimate of drug-likeness (QED) is 0.644. The summed E-state index contributed by atoms with van der Waals surface area (Å²) in [5.41, 5.74) is 0. The maximum absolute atomic E-state index is 9.13. The summed E-state index contributed by atoms with van der Waals surface area (Å²) in [6, 6.07) is 0. The third-order valence-electron chi connectivity index (χ3n) is 2.49. The normalized spacial score (nSPS) is 48.6. The molecule has 2 rings (SSSR count). The summed E-state index contributed by atoms with van der Waals surface area (Å²) in [5, 5.41) is 9.13. The molecule has 5 atom stereocenters. The van der Waals surface area contributed by atoms with E-state index in [0.717, 1.165) is 0 Å². The predicted octanol–water partition coefficient (Wildman–Crippen LogP) is -0.130. The van der Waals surface area contributed by atoms with E-state index in [4.69, 9.17) is 24.1 Å². The lowest BCUT2D eigenvalue weighted by atomic mass is 10.1. The van der Waals surface area contributed by atoms with E-state index in [1.807, 2.05) is 6.92 Å². The van der Waals surface area contributed by atoms with E-state index in [-0.39, 0.29) is 37.5 Å². The number of rotatable bonds is 1. The molecule has 0 aromatic rings. The van der Waals surface area contributed by atoms with Crippen LogP contribution in [0.3, 0.4) is 0 Å². The molecule has 0 aromatic carbocycles. The second-order valence-corrected chi connectivity index (χ2v) is 3.60. The van der Waals surface area contributed by atoms with Gasteiger partial charge in [-0.25, -0.2) is 0 Å². The third kappa shape index (κ3) is 1.92. The molecule has 2 saturated heterocycles. The van der Waals surface area contributed by atoms with Crippen molar-refractivity contribution in [3.63, 3.8) is 0 Å². The second kappa shape index (κ2) is 4.12. The molecular weight excluding hydrogens is 188 g/mol. The van der Waals surface area contributed by atoms with Crippen molar-refractivity contribution in [3.8, 4) is 0 Å². The standard InChI is InChI=1S/C9H16O5/c1-5-11-4-8-9(14-5)7(3-10)12-6(2)13-8/h5-10H,3-4H2,1-2H3/t5-,6+,7+,8-,9+/m1/s1. The van der Waals surface area contributed by atoms with Gasteiger partial charge in [0.2, 0.25) is 0 Å². The van der Waals surface area contributed by atoms with Crippen molar-refractivity contribution < 1.29 is 24.1 Å². The zero-order valence-electron chi connectivity index (χ0n) is 8.38. The average molecular weight is 204 g/mol. The molecule has 2 heterocycles. The Labute approximate surface area is 82.9 Å². The molecule has 5 heteroatoms. The molecule has 0 aromatic heterocycles. The number of ether oxygens (including phenoxy) is 4. The van der Waals surface area contributed by atoms with Crippen molar-refractivity contribution in [1.82, 2.24) is 0 Å². The first-order valence-electron chi connectivity index (χ1n) is 4.89. The minimum atomic E-state index is -0.311. The molecule has 14 heavy (non-hydrogen) atoms. The van der Waals surface area contributed by atoms with Crippen LogP contribution in [0.2, 0.25) is 0 Å². The Hall–Kier alpha value is -0.200. The Kier molecular flexibility index (Phi) is 3.04. The van der Waals surface area contributed by atoms with E-state index in [1.54, 1.807) is 6.92 Å². The van der Waals surface area contributed by atoms with Gasteiger partial charge in [0.05, 0.1) is 13.2 Å². The molecule has 2 aliphatic heterocycles. The molecule has 0 radical (unpaired) electrons. The van der Waals surface area contributed by atoms with Gasteiger partial charge >= 0.3 is 0 Å². The molecule has 0 unspecified atom stereocenters. The first-order chi connectivity index (χ1) is 6.70. The molecule has 0 saturated carbocycles. The van der Waals surface area contributed by atoms with Crippen molar-refractivity contribution >= 4 is 0 Å². The van der Waals surface area contributed by atoms with Gasteiger partial charge in [0.15, 0.2) is 12.6 Å². The SMILES string of the molecule is C[C@@H]1OC[C@H]2O[C@@H](C)O[C@@H](CO)[C@@H]2O1. The lowest BCUT2D eigenvalue weighted by Gasteiger charge is -2.44. The van der Waals surface area contributed by atoms with Crippen LogP contribution in [0.1, 0.15) is 13.8 Å². The van der Waals surface area contributed by atoms with E-state index in [1.165, 1.54) is 0 Å². The lowest BCUT2D eigenvalue weighted by Crippen LogP contribution is -2.57. The number of aliphatic hydroxyl groups is 1. The van der Waals surface area contributed by atoms with Gasteiger partial charge in [0.1, 0.15) is 18.3 Å². The van der Waals surface area contributed by atoms with Crippen LogP contribution in [0.15, 0.2) is 0 Å². The summed E-state index contributed by atoms with van der Waals surface area (Å²) in [4.78, 5) is 0. The monoisotopic (exact) mass is 204 g/mol. The molecule has 2 aliphatic rings. The zero-order valence-corrected chi connectivity index (χ0v) is 8.38. The van der Waals surface area contributed by atoms with E-state index >= 15 is 0 Å². The topological polar surface area (TPSA) is 57.2 Å². The predicted molar refractivity (Wildman–Crippen MR) is 46.6 cm³/mol. The lowest BCUT2D eigenvalue weighted by molar-refractivity contribution is -0.353. The van der Waals surface area contributed by atoms with E-state index < -0.39 is 0 Å². The highest BCUT2D eigenvalue weighted by molar-refractivity contribution is 4.85. The van der Waals surface area contributed by atoms with Gasteiger partial charge in [-0.1, -0.05) is 0 Å². The minimum Gasteiger partial charge on any atom is -0.394 e. The van der Waals surface area contributed by atoms with E-state index in [9.17, 15) is 0 Å². The maximum Gasteiger partial charge on any atom is 0.156 e. The summed E-state index contributed by atoms with van der Waals surface area (Å²) in [7, 11) is 0. The molecule has 5 nitrogen and oxygen atoms in total. The van der Waals surface area contributed by atoms with Gasteiger partial charge in [-0.15, -0.1) is 0 Å². The summed E-state index contributed by atoms with van der Waals surface area (Å²) in [6.07, 6.45) is -1.23. The molecule has 0 bridgehead atoms. The fraction of sp³-hybridized carbons (Fsp3) is 1.00. The van der Waals surface area contributed by atoms with Crippen molar-refractivity contribution in [1.29, 1.82) is 0 Å². The van der Waals surface area contributed by atoms with Crippen LogP contribution in [0.25, 0.3) is 0 Å². The van der Waals surface area contributed by atoms with Gasteiger partial charge < -0.3 is 24.1 Å². The highest BCUT2D eigenvalue weighted by Crippen LogP contribution is 2.26. The van der Waals surface area contributed by atoms with Crippen LogP contribution in [0.5, 0.6) is 0 Å². The largest absolute Gasteiger partial charge is 0.394 e. The van der Waals surface area contributed by atoms with Gasteiger partial charge in [-0.05, 0) is 13.8 Å². The molecule has 0 aliphatic carbocycles. The van der Waals surface area contributed by atoms with Crippen LogP contribution < -0.4 is 0 Å². The van der Waals surface area contributed by atoms with Crippen LogP contribution in [-0.2, 0) is 18.9 Å². The van der Waals surface area contributed by atoms with Crippen molar-refractivity contribution in [2.24, 2.45) is 0 Å². The maximum atomic E-state index is 9.13. The molecule has 82 valence electrons. The highest BCUT2D eigenvalue weighted by atomic mass is 16.8. The van der Waals surface area contributed by atoms with E-state index in [0.29, 0.717) is 6.61 Å². The van der Waals surface area contributed by atoms with Crippen LogP contribution >= 0.6 is 0 Å². The average Bonchev–Trinajstić information content (AvgIpc) is 2.17. The number of hydrogen-bond donors (Lipinski definition) is 1. The zero-order chi connectivity index (χ0) is 10.1. The smallest absolute Gasteiger partial charge is 0.156 e. The number of fused-ring (bicyclic) bond motifs is 1. The molecular formula is C9H16O5. The summed E-state index contributed by atoms with van der Waals surface area (Å²) in [5.74, 6) is 0. The van der Waals surface area contributed by atoms with Gasteiger partial charge in [0.25, 0.3) is 0 Å². The van der Waals surface area contributed by atoms with Crippen molar-refractivity contribution in [2.75, 3.05) is 13.2 Å². The van der Waals surface area contributed by atoms with Gasteiger partial charge in [-0.2, -0.15) is 0 Å². The van der Waals surface area contributed by atoms with Crippen LogP contribution in [0, 0.1) is 0 Å². The minimum absolute atomic E-state index is 0.0540. The number of hydrogen-bond acceptors (Lipinski definition) is 5. The molecule has 0 spiro atoms. The third-order valence-corrected chi connectivity index (χ3v) is 2.49. The van der Waals surface area contributed by atoms with Crippen molar-refractivity contribution in [2.45, 2.75) is 44.7 Å². The fourth-order valence-corrected chi connectivity index (χ4v) is 1.87.